The van der Waals surface area contributed by atoms with Crippen LogP contribution in [0.3, 0.4) is 0 Å². The van der Waals surface area contributed by atoms with Crippen LogP contribution in [-0.4, -0.2) is 53.6 Å². The molecule has 3 heterocycles. The molecule has 1 aromatic carbocycles. The molecule has 0 radical (unpaired) electrons. The number of hydrogen-bond donors (Lipinski definition) is 0. The lowest BCUT2D eigenvalue weighted by atomic mass is 9.89. The van der Waals surface area contributed by atoms with Gasteiger partial charge < -0.3 is 14.3 Å². The maximum atomic E-state index is 13.1. The van der Waals surface area contributed by atoms with Crippen molar-refractivity contribution in [1.82, 2.24) is 15.0 Å². The molecule has 1 amide bonds. The molecule has 2 aliphatic rings. The molecule has 1 atom stereocenters. The number of amides is 1. The molecule has 0 bridgehead atoms. The van der Waals surface area contributed by atoms with E-state index in [4.69, 9.17) is 4.52 Å². The molecule has 6 heteroatoms. The third-order valence-electron chi connectivity index (χ3n) is 6.27. The summed E-state index contributed by atoms with van der Waals surface area (Å²) in [5.74, 6) is 1.53. The van der Waals surface area contributed by atoms with E-state index in [2.05, 4.69) is 10.1 Å². The Morgan fingerprint density at radius 3 is 2.50 bits per heavy atom. The van der Waals surface area contributed by atoms with Crippen molar-refractivity contribution in [3.8, 4) is 0 Å². The molecule has 28 heavy (non-hydrogen) atoms. The number of nitrogens with zero attached hydrogens (tertiary/aromatic N) is 3. The van der Waals surface area contributed by atoms with Crippen molar-refractivity contribution in [2.45, 2.75) is 39.0 Å². The number of likely N-dealkylation sites (tertiary alicyclic amines) is 2. The van der Waals surface area contributed by atoms with Crippen LogP contribution in [0.2, 0.25) is 0 Å². The van der Waals surface area contributed by atoms with Gasteiger partial charge in [0.25, 0.3) is 5.91 Å². The van der Waals surface area contributed by atoms with E-state index in [1.54, 1.807) is 19.1 Å². The van der Waals surface area contributed by atoms with Gasteiger partial charge in [0, 0.05) is 19.6 Å². The summed E-state index contributed by atoms with van der Waals surface area (Å²) in [6.45, 7) is 8.41. The van der Waals surface area contributed by atoms with Gasteiger partial charge in [0.1, 0.15) is 17.1 Å². The Kier molecular flexibility index (Phi) is 5.49. The Hall–Kier alpha value is -2.21. The average Bonchev–Trinajstić information content (AvgIpc) is 3.29. The molecular formula is C22H28FN3O2. The van der Waals surface area contributed by atoms with Gasteiger partial charge in [0.05, 0.1) is 5.69 Å². The minimum atomic E-state index is -0.168. The van der Waals surface area contributed by atoms with Gasteiger partial charge in [-0.15, -0.1) is 0 Å². The summed E-state index contributed by atoms with van der Waals surface area (Å²) in [6.07, 6.45) is 3.27. The van der Waals surface area contributed by atoms with Gasteiger partial charge >= 0.3 is 0 Å². The first-order chi connectivity index (χ1) is 13.5. The van der Waals surface area contributed by atoms with E-state index in [-0.39, 0.29) is 11.7 Å². The lowest BCUT2D eigenvalue weighted by molar-refractivity contribution is 0.0779. The Morgan fingerprint density at radius 2 is 1.86 bits per heavy atom. The zero-order valence-electron chi connectivity index (χ0n) is 16.7. The monoisotopic (exact) mass is 385 g/mol. The number of rotatable bonds is 4. The van der Waals surface area contributed by atoms with Crippen LogP contribution in [0.4, 0.5) is 4.39 Å². The molecule has 0 saturated carbocycles. The van der Waals surface area contributed by atoms with Crippen LogP contribution in [0, 0.1) is 25.6 Å². The molecule has 0 aliphatic carbocycles. The van der Waals surface area contributed by atoms with Crippen LogP contribution in [0.25, 0.3) is 0 Å². The molecule has 5 nitrogen and oxygen atoms in total. The minimum Gasteiger partial charge on any atom is -0.361 e. The van der Waals surface area contributed by atoms with E-state index in [1.165, 1.54) is 5.56 Å². The molecule has 0 spiro atoms. The Morgan fingerprint density at radius 1 is 1.14 bits per heavy atom. The summed E-state index contributed by atoms with van der Waals surface area (Å²) in [7, 11) is 0. The Labute approximate surface area is 165 Å². The number of aromatic nitrogens is 1. The summed E-state index contributed by atoms with van der Waals surface area (Å²) in [5, 5.41) is 3.91. The topological polar surface area (TPSA) is 49.6 Å². The van der Waals surface area contributed by atoms with E-state index in [1.807, 2.05) is 24.0 Å². The van der Waals surface area contributed by atoms with Gasteiger partial charge in [0.2, 0.25) is 0 Å². The highest BCUT2D eigenvalue weighted by Gasteiger charge is 2.32. The Bertz CT molecular complexity index is 805. The van der Waals surface area contributed by atoms with Crippen molar-refractivity contribution in [2.75, 3.05) is 32.7 Å². The number of benzene rings is 1. The van der Waals surface area contributed by atoms with Crippen LogP contribution < -0.4 is 0 Å². The predicted octanol–water partition coefficient (Wildman–Crippen LogP) is 3.77. The highest BCUT2D eigenvalue weighted by molar-refractivity contribution is 5.96. The standard InChI is InChI=1S/C22H28FN3O2/c1-15-21(16(2)28-24-15)22(27)26-12-7-17(14-26)13-25-10-8-19(9-11-25)18-3-5-20(23)6-4-18/h3-6,17,19H,7-14H2,1-2H3. The second-order valence-electron chi connectivity index (χ2n) is 8.23. The summed E-state index contributed by atoms with van der Waals surface area (Å²) in [5.41, 5.74) is 2.55. The van der Waals surface area contributed by atoms with E-state index in [0.717, 1.165) is 52.0 Å². The zero-order valence-corrected chi connectivity index (χ0v) is 16.7. The first-order valence-corrected chi connectivity index (χ1v) is 10.2. The quantitative estimate of drug-likeness (QED) is 0.804. The molecule has 2 fully saturated rings. The van der Waals surface area contributed by atoms with Crippen molar-refractivity contribution in [2.24, 2.45) is 5.92 Å². The summed E-state index contributed by atoms with van der Waals surface area (Å²) in [6, 6.07) is 6.96. The van der Waals surface area contributed by atoms with Crippen molar-refractivity contribution in [3.63, 3.8) is 0 Å². The van der Waals surface area contributed by atoms with E-state index in [9.17, 15) is 9.18 Å². The fourth-order valence-corrected chi connectivity index (χ4v) is 4.66. The second-order valence-corrected chi connectivity index (χ2v) is 8.23. The first kappa shape index (κ1) is 19.1. The maximum Gasteiger partial charge on any atom is 0.259 e. The highest BCUT2D eigenvalue weighted by atomic mass is 19.1. The van der Waals surface area contributed by atoms with Crippen LogP contribution in [0.15, 0.2) is 28.8 Å². The van der Waals surface area contributed by atoms with E-state index < -0.39 is 0 Å². The van der Waals surface area contributed by atoms with E-state index in [0.29, 0.717) is 28.9 Å². The van der Waals surface area contributed by atoms with Crippen molar-refractivity contribution in [1.29, 1.82) is 0 Å². The maximum absolute atomic E-state index is 13.1. The zero-order chi connectivity index (χ0) is 19.7. The molecule has 4 rings (SSSR count). The fraction of sp³-hybridized carbons (Fsp3) is 0.545. The molecule has 0 N–H and O–H groups in total. The molecule has 1 unspecified atom stereocenters. The van der Waals surface area contributed by atoms with Gasteiger partial charge in [-0.25, -0.2) is 4.39 Å². The lowest BCUT2D eigenvalue weighted by Crippen LogP contribution is -2.38. The SMILES string of the molecule is Cc1noc(C)c1C(=O)N1CCC(CN2CCC(c3ccc(F)cc3)CC2)C1. The number of carbonyl (C=O) groups excluding carboxylic acids is 1. The van der Waals surface area contributed by atoms with Crippen LogP contribution in [0.1, 0.15) is 52.6 Å². The largest absolute Gasteiger partial charge is 0.361 e. The predicted molar refractivity (Wildman–Crippen MR) is 105 cm³/mol. The first-order valence-electron chi connectivity index (χ1n) is 10.2. The number of carbonyl (C=O) groups is 1. The van der Waals surface area contributed by atoms with Crippen molar-refractivity contribution in [3.05, 3.63) is 52.7 Å². The number of aryl methyl sites for hydroxylation is 2. The van der Waals surface area contributed by atoms with E-state index >= 15 is 0 Å². The average molecular weight is 385 g/mol. The Balaban J connectivity index is 1.27. The lowest BCUT2D eigenvalue weighted by Gasteiger charge is -2.33. The summed E-state index contributed by atoms with van der Waals surface area (Å²) >= 11 is 0. The molecule has 2 saturated heterocycles. The smallest absolute Gasteiger partial charge is 0.259 e. The highest BCUT2D eigenvalue weighted by Crippen LogP contribution is 2.29. The van der Waals surface area contributed by atoms with Crippen molar-refractivity contribution < 1.29 is 13.7 Å². The minimum absolute atomic E-state index is 0.0498. The molecule has 2 aliphatic heterocycles. The molecule has 150 valence electrons. The van der Waals surface area contributed by atoms with Gasteiger partial charge in [-0.3, -0.25) is 4.79 Å². The van der Waals surface area contributed by atoms with Gasteiger partial charge in [-0.1, -0.05) is 17.3 Å². The number of piperidine rings is 1. The van der Waals surface area contributed by atoms with Crippen LogP contribution in [-0.2, 0) is 0 Å². The van der Waals surface area contributed by atoms with Crippen LogP contribution >= 0.6 is 0 Å². The molecule has 1 aromatic heterocycles. The summed E-state index contributed by atoms with van der Waals surface area (Å²) < 4.78 is 18.3. The van der Waals surface area contributed by atoms with Crippen LogP contribution in [0.5, 0.6) is 0 Å². The third kappa shape index (κ3) is 3.97. The summed E-state index contributed by atoms with van der Waals surface area (Å²) in [4.78, 5) is 17.3. The number of halogens is 1. The van der Waals surface area contributed by atoms with Gasteiger partial charge in [-0.05, 0) is 75.7 Å². The van der Waals surface area contributed by atoms with Crippen molar-refractivity contribution >= 4 is 5.91 Å². The molecular weight excluding hydrogens is 357 g/mol. The third-order valence-corrected chi connectivity index (χ3v) is 6.27. The van der Waals surface area contributed by atoms with Gasteiger partial charge in [-0.2, -0.15) is 0 Å². The van der Waals surface area contributed by atoms with Gasteiger partial charge in [0.15, 0.2) is 0 Å². The molecule has 2 aromatic rings. The normalized spacial score (nSPS) is 21.4. The fourth-order valence-electron chi connectivity index (χ4n) is 4.66. The number of hydrogen-bond acceptors (Lipinski definition) is 4. The second kappa shape index (κ2) is 8.03.